The molecule has 146 valence electrons. The van der Waals surface area contributed by atoms with Gasteiger partial charge in [-0.1, -0.05) is 115 Å². The number of rotatable bonds is 2. The second-order valence-electron chi connectivity index (χ2n) is 7.29. The Labute approximate surface area is 201 Å². The largest absolute Gasteiger partial charge is 0.0630 e. The van der Waals surface area contributed by atoms with Crippen LogP contribution < -0.4 is 0 Å². The maximum atomic E-state index is 8.77. The molecule has 0 nitrogen and oxygen atoms in total. The fourth-order valence-electron chi connectivity index (χ4n) is 4.16. The van der Waals surface area contributed by atoms with Crippen LogP contribution in [0.25, 0.3) is 54.6 Å². The first-order chi connectivity index (χ1) is 18.6. The second-order valence-corrected chi connectivity index (χ2v) is 8.09. The van der Waals surface area contributed by atoms with Crippen LogP contribution in [-0.2, 0) is 0 Å². The maximum absolute atomic E-state index is 8.77. The molecule has 0 aromatic heterocycles. The highest BCUT2D eigenvalue weighted by atomic mass is 79.9. The lowest BCUT2D eigenvalue weighted by Crippen LogP contribution is -1.88. The molecule has 0 unspecified atom stereocenters. The Morgan fingerprint density at radius 1 is 0.516 bits per heavy atom. The third-order valence-electron chi connectivity index (χ3n) is 5.59. The van der Waals surface area contributed by atoms with E-state index in [2.05, 4.69) is 22.0 Å². The standard InChI is InChI=1S/C30H19Br/c31-30-27-13-5-3-11-25(27)29(26-12-4-6-14-28(26)30)22-18-16-21(17-19-22)24-15-7-9-20-8-1-2-10-23(20)24/h1-19H/i3D,4D,5D,6D,11D,12D,13D,14D. The quantitative estimate of drug-likeness (QED) is 0.223. The molecule has 6 rings (SSSR count). The minimum absolute atomic E-state index is 0.173. The van der Waals surface area contributed by atoms with Crippen molar-refractivity contribution in [3.63, 3.8) is 0 Å². The number of benzene rings is 6. The molecule has 0 saturated carbocycles. The smallest absolute Gasteiger partial charge is 0.0616 e. The van der Waals surface area contributed by atoms with Crippen molar-refractivity contribution < 1.29 is 11.0 Å². The van der Waals surface area contributed by atoms with Crippen molar-refractivity contribution >= 4 is 48.2 Å². The zero-order valence-electron chi connectivity index (χ0n) is 24.2. The highest BCUT2D eigenvalue weighted by Crippen LogP contribution is 2.42. The first-order valence-electron chi connectivity index (χ1n) is 13.8. The van der Waals surface area contributed by atoms with Crippen molar-refractivity contribution in [1.82, 2.24) is 0 Å². The van der Waals surface area contributed by atoms with Crippen LogP contribution in [0, 0.1) is 0 Å². The molecule has 1 heteroatoms. The van der Waals surface area contributed by atoms with E-state index in [4.69, 9.17) is 11.0 Å². The number of fused-ring (bicyclic) bond motifs is 3. The Morgan fingerprint density at radius 2 is 1.06 bits per heavy atom. The first kappa shape index (κ1) is 11.8. The average Bonchev–Trinajstić information content (AvgIpc) is 2.96. The minimum atomic E-state index is -0.411. The molecule has 6 aromatic rings. The van der Waals surface area contributed by atoms with Crippen LogP contribution in [0.3, 0.4) is 0 Å². The molecule has 0 bridgehead atoms. The van der Waals surface area contributed by atoms with Gasteiger partial charge in [-0.2, -0.15) is 0 Å². The summed E-state index contributed by atoms with van der Waals surface area (Å²) in [7, 11) is 0. The Morgan fingerprint density at radius 3 is 1.74 bits per heavy atom. The van der Waals surface area contributed by atoms with Gasteiger partial charge in [0.05, 0.1) is 11.0 Å². The summed E-state index contributed by atoms with van der Waals surface area (Å²) in [6.45, 7) is 0. The van der Waals surface area contributed by atoms with Crippen molar-refractivity contribution in [2.45, 2.75) is 0 Å². The molecule has 0 aliphatic rings. The molecule has 0 N–H and O–H groups in total. The van der Waals surface area contributed by atoms with Gasteiger partial charge in [0.15, 0.2) is 0 Å². The molecular formula is C30H19Br. The monoisotopic (exact) mass is 466 g/mol. The zero-order chi connectivity index (χ0) is 27.7. The summed E-state index contributed by atoms with van der Waals surface area (Å²) in [5, 5.41) is 2.94. The second kappa shape index (κ2) is 7.37. The summed E-state index contributed by atoms with van der Waals surface area (Å²) in [5.74, 6) is 0. The van der Waals surface area contributed by atoms with Gasteiger partial charge in [0.25, 0.3) is 0 Å². The first-order valence-corrected chi connectivity index (χ1v) is 10.6. The molecule has 31 heavy (non-hydrogen) atoms. The van der Waals surface area contributed by atoms with E-state index in [1.54, 1.807) is 0 Å². The van der Waals surface area contributed by atoms with Crippen LogP contribution in [0.15, 0.2) is 120 Å². The molecule has 0 fully saturated rings. The van der Waals surface area contributed by atoms with Crippen LogP contribution in [0.5, 0.6) is 0 Å². The fraction of sp³-hybridized carbons (Fsp3) is 0. The van der Waals surface area contributed by atoms with E-state index >= 15 is 0 Å². The van der Waals surface area contributed by atoms with Crippen LogP contribution in [-0.4, -0.2) is 0 Å². The lowest BCUT2D eigenvalue weighted by molar-refractivity contribution is 1.63. The highest BCUT2D eigenvalue weighted by Gasteiger charge is 2.14. The van der Waals surface area contributed by atoms with Gasteiger partial charge >= 0.3 is 0 Å². The van der Waals surface area contributed by atoms with Crippen LogP contribution in [0.1, 0.15) is 11.0 Å². The van der Waals surface area contributed by atoms with Crippen molar-refractivity contribution in [3.05, 3.63) is 120 Å². The summed E-state index contributed by atoms with van der Waals surface area (Å²) < 4.78 is 68.2. The zero-order valence-corrected chi connectivity index (χ0v) is 17.8. The van der Waals surface area contributed by atoms with Gasteiger partial charge in [-0.3, -0.25) is 0 Å². The SMILES string of the molecule is [2H]c1c([2H])c([2H])c2c(-c3ccc(-c4cccc5ccccc45)cc3)c3c([2H])c([2H])c([2H])c([2H])c3c(Br)c2c1[2H]. The number of hydrogen-bond acceptors (Lipinski definition) is 0. The van der Waals surface area contributed by atoms with Crippen LogP contribution >= 0.6 is 15.9 Å². The van der Waals surface area contributed by atoms with E-state index in [0.717, 1.165) is 21.9 Å². The minimum Gasteiger partial charge on any atom is -0.0616 e. The molecule has 6 aromatic carbocycles. The van der Waals surface area contributed by atoms with Gasteiger partial charge < -0.3 is 0 Å². The maximum Gasteiger partial charge on any atom is 0.0630 e. The number of halogens is 1. The Hall–Kier alpha value is -3.42. The van der Waals surface area contributed by atoms with Gasteiger partial charge in [0.2, 0.25) is 0 Å². The molecule has 0 saturated heterocycles. The summed E-state index contributed by atoms with van der Waals surface area (Å²) in [6.07, 6.45) is 0. The van der Waals surface area contributed by atoms with Gasteiger partial charge in [0, 0.05) is 4.47 Å². The molecule has 0 aliphatic carbocycles. The average molecular weight is 467 g/mol. The van der Waals surface area contributed by atoms with Gasteiger partial charge in [0.1, 0.15) is 0 Å². The summed E-state index contributed by atoms with van der Waals surface area (Å²) >= 11 is 3.45. The van der Waals surface area contributed by atoms with Crippen LogP contribution in [0.4, 0.5) is 0 Å². The Balaban J connectivity index is 1.75. The Bertz CT molecular complexity index is 1910. The topological polar surface area (TPSA) is 0 Å². The van der Waals surface area contributed by atoms with E-state index in [1.165, 1.54) is 0 Å². The molecule has 0 radical (unpaired) electrons. The summed E-state index contributed by atoms with van der Waals surface area (Å²) in [6, 6.07) is 18.9. The molecular weight excluding hydrogens is 440 g/mol. The highest BCUT2D eigenvalue weighted by molar-refractivity contribution is 9.10. The molecule has 0 atom stereocenters. The van der Waals surface area contributed by atoms with Crippen molar-refractivity contribution in [3.8, 4) is 22.3 Å². The normalized spacial score (nSPS) is 15.0. The van der Waals surface area contributed by atoms with E-state index in [1.807, 2.05) is 60.7 Å². The van der Waals surface area contributed by atoms with Gasteiger partial charge in [-0.05, 0) is 70.5 Å². The lowest BCUT2D eigenvalue weighted by atomic mass is 9.90. The fourth-order valence-corrected chi connectivity index (χ4v) is 4.76. The lowest BCUT2D eigenvalue weighted by Gasteiger charge is -2.15. The third kappa shape index (κ3) is 2.97. The summed E-state index contributed by atoms with van der Waals surface area (Å²) in [5.41, 5.74) is 2.90. The molecule has 0 heterocycles. The van der Waals surface area contributed by atoms with Crippen molar-refractivity contribution in [1.29, 1.82) is 0 Å². The molecule has 0 amide bonds. The Kier molecular flexibility index (Phi) is 2.81. The van der Waals surface area contributed by atoms with E-state index in [9.17, 15) is 0 Å². The van der Waals surface area contributed by atoms with Gasteiger partial charge in [-0.15, -0.1) is 0 Å². The van der Waals surface area contributed by atoms with E-state index in [-0.39, 0.29) is 50.2 Å². The van der Waals surface area contributed by atoms with E-state index in [0.29, 0.717) is 11.1 Å². The molecule has 0 spiro atoms. The van der Waals surface area contributed by atoms with Crippen molar-refractivity contribution in [2.24, 2.45) is 0 Å². The molecule has 0 aliphatic heterocycles. The van der Waals surface area contributed by atoms with Crippen molar-refractivity contribution in [2.75, 3.05) is 0 Å². The predicted molar refractivity (Wildman–Crippen MR) is 138 cm³/mol. The number of hydrogen-bond donors (Lipinski definition) is 0. The third-order valence-corrected chi connectivity index (χ3v) is 6.38. The van der Waals surface area contributed by atoms with Crippen LogP contribution in [0.2, 0.25) is 0 Å². The van der Waals surface area contributed by atoms with E-state index < -0.39 is 24.2 Å². The summed E-state index contributed by atoms with van der Waals surface area (Å²) in [4.78, 5) is 0. The van der Waals surface area contributed by atoms with Gasteiger partial charge in [-0.25, -0.2) is 0 Å². The predicted octanol–water partition coefficient (Wildman–Crippen LogP) is 9.24.